The zero-order chi connectivity index (χ0) is 18.8. The predicted molar refractivity (Wildman–Crippen MR) is 57.7 cm³/mol. The molecule has 0 aromatic heterocycles. The van der Waals surface area contributed by atoms with Crippen molar-refractivity contribution in [1.82, 2.24) is 0 Å². The summed E-state index contributed by atoms with van der Waals surface area (Å²) < 4.78 is 49.1. The summed E-state index contributed by atoms with van der Waals surface area (Å²) in [6, 6.07) is 0. The van der Waals surface area contributed by atoms with E-state index in [1.54, 1.807) is 0 Å². The van der Waals surface area contributed by atoms with E-state index in [4.69, 9.17) is 75.6 Å². The molecule has 0 saturated heterocycles. The fourth-order valence-corrected chi connectivity index (χ4v) is 0. The molecule has 0 aromatic carbocycles. The van der Waals surface area contributed by atoms with Crippen LogP contribution in [0.2, 0.25) is 0 Å². The van der Waals surface area contributed by atoms with E-state index in [1.165, 1.54) is 0 Å². The molecular formula is C2H8MgO16SSi2. The molecule has 0 rings (SSSR count). The third-order valence-electron chi connectivity index (χ3n) is 0. The van der Waals surface area contributed by atoms with Gasteiger partial charge in [0.1, 0.15) is 0 Å². The van der Waals surface area contributed by atoms with E-state index in [0.717, 1.165) is 0 Å². The van der Waals surface area contributed by atoms with E-state index in [1.807, 2.05) is 0 Å². The van der Waals surface area contributed by atoms with Crippen LogP contribution >= 0.6 is 0 Å². The molecule has 0 aliphatic heterocycles. The third-order valence-corrected chi connectivity index (χ3v) is 0. The first-order valence-electron chi connectivity index (χ1n) is 3.26. The second-order valence-electron chi connectivity index (χ2n) is 1.54. The molecule has 0 heterocycles. The largest absolute Gasteiger partial charge is 2.00 e. The predicted octanol–water partition coefficient (Wildman–Crippen LogP) is -6.49. The average Bonchev–Trinajstić information content (AvgIpc) is 1.91. The molecule has 128 valence electrons. The maximum atomic E-state index is 8.74. The van der Waals surface area contributed by atoms with Gasteiger partial charge in [0.2, 0.25) is 12.3 Å². The van der Waals surface area contributed by atoms with E-state index < -0.39 is 41.1 Å². The van der Waals surface area contributed by atoms with Crippen molar-refractivity contribution in [2.75, 3.05) is 0 Å². The Kier molecular flexibility index (Phi) is 41.1. The average molecular weight is 401 g/mol. The van der Waals surface area contributed by atoms with Crippen molar-refractivity contribution in [2.24, 2.45) is 0 Å². The fraction of sp³-hybridized carbons (Fsp3) is 0. The minimum Gasteiger partial charge on any atom is -0.565 e. The van der Waals surface area contributed by atoms with Gasteiger partial charge in [-0.1, -0.05) is 0 Å². The Morgan fingerprint density at radius 1 is 0.773 bits per heavy atom. The summed E-state index contributed by atoms with van der Waals surface area (Å²) in [5.41, 5.74) is 0. The van der Waals surface area contributed by atoms with Crippen LogP contribution in [0.4, 0.5) is 9.59 Å². The minimum atomic E-state index is -4.67. The van der Waals surface area contributed by atoms with E-state index in [-0.39, 0.29) is 23.1 Å². The van der Waals surface area contributed by atoms with Crippen LogP contribution in [0.3, 0.4) is 0 Å². The zero-order valence-corrected chi connectivity index (χ0v) is 14.2. The maximum absolute atomic E-state index is 8.74. The van der Waals surface area contributed by atoms with Gasteiger partial charge in [0.25, 0.3) is 0 Å². The molecule has 0 aliphatic carbocycles. The Labute approximate surface area is 140 Å². The number of rotatable bonds is 0. The number of hydrogen-bond acceptors (Lipinski definition) is 8. The number of carboxylic acid groups (broad SMARTS) is 4. The summed E-state index contributed by atoms with van der Waals surface area (Å²) in [6.45, 7) is 0. The molecule has 0 amide bonds. The topological polar surface area (TPSA) is 310 Å². The van der Waals surface area contributed by atoms with Crippen LogP contribution in [0.1, 0.15) is 0 Å². The van der Waals surface area contributed by atoms with Gasteiger partial charge in [0.15, 0.2) is 0 Å². The molecule has 0 aliphatic rings. The SMILES string of the molecule is O=C([O-])O.O=C([O-])O.O=S(=O)(O)O.O=[Si](O)O.O=[Si](O)O.[Mg+2]. The molecule has 0 saturated carbocycles. The summed E-state index contributed by atoms with van der Waals surface area (Å²) in [6.07, 6.45) is -4.17. The van der Waals surface area contributed by atoms with Crippen molar-refractivity contribution >= 4 is 64.1 Å². The Balaban J connectivity index is -0.0000000361. The summed E-state index contributed by atoms with van der Waals surface area (Å²) in [7, 11) is -10.9. The van der Waals surface area contributed by atoms with Gasteiger partial charge in [-0.2, -0.15) is 8.42 Å². The first kappa shape index (κ1) is 37.0. The van der Waals surface area contributed by atoms with Crippen molar-refractivity contribution in [2.45, 2.75) is 0 Å². The quantitative estimate of drug-likeness (QED) is 0.138. The van der Waals surface area contributed by atoms with Gasteiger partial charge in [0.05, 0.1) is 0 Å². The molecule has 16 nitrogen and oxygen atoms in total. The molecular weight excluding hydrogens is 393 g/mol. The van der Waals surface area contributed by atoms with Crippen molar-refractivity contribution in [3.8, 4) is 0 Å². The summed E-state index contributed by atoms with van der Waals surface area (Å²) >= 11 is 0. The number of carbonyl (C=O) groups is 2. The molecule has 0 aromatic rings. The van der Waals surface area contributed by atoms with Crippen LogP contribution in [-0.2, 0) is 19.3 Å². The van der Waals surface area contributed by atoms with Gasteiger partial charge >= 0.3 is 51.8 Å². The summed E-state index contributed by atoms with van der Waals surface area (Å²) in [5, 5.41) is 30.6. The van der Waals surface area contributed by atoms with Crippen LogP contribution in [0.25, 0.3) is 0 Å². The van der Waals surface area contributed by atoms with E-state index in [9.17, 15) is 0 Å². The molecule has 0 atom stereocenters. The van der Waals surface area contributed by atoms with Crippen LogP contribution in [0.15, 0.2) is 0 Å². The summed E-state index contributed by atoms with van der Waals surface area (Å²) in [5.74, 6) is 0. The molecule has 22 heavy (non-hydrogen) atoms. The van der Waals surface area contributed by atoms with Gasteiger partial charge in [-0.05, 0) is 0 Å². The monoisotopic (exact) mass is 400 g/mol. The Morgan fingerprint density at radius 2 is 0.773 bits per heavy atom. The van der Waals surface area contributed by atoms with Crippen LogP contribution in [0, 0.1) is 0 Å². The second-order valence-corrected chi connectivity index (χ2v) is 3.57. The fourth-order valence-electron chi connectivity index (χ4n) is 0. The molecule has 8 N–H and O–H groups in total. The first-order valence-corrected chi connectivity index (χ1v) is 7.27. The normalized spacial score (nSPS) is 7.00. The maximum Gasteiger partial charge on any atom is 2.00 e. The minimum absolute atomic E-state index is 0. The van der Waals surface area contributed by atoms with Crippen molar-refractivity contribution in [1.29, 1.82) is 0 Å². The molecule has 0 radical (unpaired) electrons. The van der Waals surface area contributed by atoms with Gasteiger partial charge < -0.3 is 49.2 Å². The second kappa shape index (κ2) is 24.4. The van der Waals surface area contributed by atoms with Crippen molar-refractivity contribution < 1.29 is 75.6 Å². The van der Waals surface area contributed by atoms with Gasteiger partial charge in [-0.3, -0.25) is 18.0 Å². The number of hydrogen-bond donors (Lipinski definition) is 8. The zero-order valence-electron chi connectivity index (χ0n) is 9.96. The molecule has 0 unspecified atom stereocenters. The standard InChI is InChI=1S/2CH2O3.Mg.H2O4S.2H2O3Si/c2*2-1(3)4;;1-5(2,3)4;2*1-4(2)3/h2*(H2,2,3,4);;(H2,1,2,3,4);2*1-2H/q;;+2;;;/p-2. The van der Waals surface area contributed by atoms with Gasteiger partial charge in [-0.25, -0.2) is 0 Å². The molecule has 0 bridgehead atoms. The molecule has 20 heteroatoms. The Bertz CT molecular complexity index is 328. The third kappa shape index (κ3) is 2210. The van der Waals surface area contributed by atoms with Crippen molar-refractivity contribution in [3.05, 3.63) is 0 Å². The smallest absolute Gasteiger partial charge is 0.565 e. The van der Waals surface area contributed by atoms with E-state index >= 15 is 0 Å². The van der Waals surface area contributed by atoms with Crippen LogP contribution in [-0.4, -0.2) is 101 Å². The Morgan fingerprint density at radius 3 is 0.773 bits per heavy atom. The van der Waals surface area contributed by atoms with Gasteiger partial charge in [0, 0.05) is 0 Å². The molecule has 0 spiro atoms. The van der Waals surface area contributed by atoms with E-state index in [2.05, 4.69) is 0 Å². The van der Waals surface area contributed by atoms with Crippen LogP contribution in [0.5, 0.6) is 0 Å². The first-order chi connectivity index (χ1) is 8.93. The van der Waals surface area contributed by atoms with Gasteiger partial charge in [-0.15, -0.1) is 0 Å². The summed E-state index contributed by atoms with van der Waals surface area (Å²) in [4.78, 5) is 45.5. The Hall–Kier alpha value is -1.59. The van der Waals surface area contributed by atoms with Crippen LogP contribution < -0.4 is 10.2 Å². The molecule has 0 fully saturated rings. The van der Waals surface area contributed by atoms with E-state index in [0.29, 0.717) is 0 Å². The van der Waals surface area contributed by atoms with Crippen molar-refractivity contribution in [3.63, 3.8) is 0 Å².